The molecule has 0 radical (unpaired) electrons. The van der Waals surface area contributed by atoms with Crippen LogP contribution in [0.4, 0.5) is 10.6 Å². The molecule has 184 valence electrons. The van der Waals surface area contributed by atoms with Gasteiger partial charge in [0, 0.05) is 30.3 Å². The fourth-order valence-corrected chi connectivity index (χ4v) is 4.23. The molecular weight excluding hydrogens is 448 g/mol. The molecule has 1 atom stereocenters. The predicted octanol–water partition coefficient (Wildman–Crippen LogP) is 3.65. The van der Waals surface area contributed by atoms with Gasteiger partial charge in [-0.2, -0.15) is 15.0 Å². The first-order valence-corrected chi connectivity index (χ1v) is 11.8. The van der Waals surface area contributed by atoms with E-state index in [1.165, 1.54) is 4.80 Å². The molecule has 11 heteroatoms. The van der Waals surface area contributed by atoms with Gasteiger partial charge in [0.25, 0.3) is 0 Å². The minimum absolute atomic E-state index is 0.0563. The van der Waals surface area contributed by atoms with Gasteiger partial charge >= 0.3 is 6.09 Å². The van der Waals surface area contributed by atoms with Gasteiger partial charge in [0.05, 0.1) is 17.8 Å². The summed E-state index contributed by atoms with van der Waals surface area (Å²) in [7, 11) is 0. The summed E-state index contributed by atoms with van der Waals surface area (Å²) in [5, 5.41) is 17.2. The number of anilines is 1. The summed E-state index contributed by atoms with van der Waals surface area (Å²) in [6, 6.07) is 7.98. The number of nitrogen functional groups attached to an aromatic ring is 1. The number of pyridine rings is 1. The second-order valence-corrected chi connectivity index (χ2v) is 9.63. The molecule has 1 aliphatic heterocycles. The van der Waals surface area contributed by atoms with Gasteiger partial charge in [-0.3, -0.25) is 0 Å². The molecule has 1 unspecified atom stereocenters. The summed E-state index contributed by atoms with van der Waals surface area (Å²) in [6.07, 6.45) is 4.41. The van der Waals surface area contributed by atoms with Crippen LogP contribution in [-0.2, 0) is 16.0 Å². The topological polar surface area (TPSA) is 135 Å². The molecule has 3 N–H and O–H groups in total. The van der Waals surface area contributed by atoms with Crippen molar-refractivity contribution >= 4 is 33.8 Å². The maximum Gasteiger partial charge on any atom is 0.407 e. The number of amides is 1. The normalized spacial score (nSPS) is 16.6. The highest BCUT2D eigenvalue weighted by atomic mass is 16.6. The van der Waals surface area contributed by atoms with Crippen LogP contribution in [0.25, 0.3) is 33.2 Å². The predicted molar refractivity (Wildman–Crippen MR) is 132 cm³/mol. The first kappa shape index (κ1) is 23.0. The van der Waals surface area contributed by atoms with Crippen LogP contribution in [0.5, 0.6) is 0 Å². The third kappa shape index (κ3) is 4.90. The SMILES string of the molecule is CC(C)(C)OC(=O)NCCn1nc2c(N)nc3cc(-c4ccnn4C4CCCCO4)ccc3c2n1. The van der Waals surface area contributed by atoms with Crippen LogP contribution in [0, 0.1) is 0 Å². The molecule has 1 aliphatic rings. The number of ether oxygens (including phenoxy) is 2. The Morgan fingerprint density at radius 1 is 1.23 bits per heavy atom. The van der Waals surface area contributed by atoms with E-state index < -0.39 is 11.7 Å². The zero-order valence-electron chi connectivity index (χ0n) is 20.2. The minimum atomic E-state index is -0.554. The van der Waals surface area contributed by atoms with E-state index in [0.29, 0.717) is 29.9 Å². The molecule has 0 spiro atoms. The molecule has 0 bridgehead atoms. The molecule has 0 saturated carbocycles. The van der Waals surface area contributed by atoms with Gasteiger partial charge in [0.1, 0.15) is 11.1 Å². The Balaban J connectivity index is 1.39. The van der Waals surface area contributed by atoms with Crippen LogP contribution >= 0.6 is 0 Å². The summed E-state index contributed by atoms with van der Waals surface area (Å²) in [5.41, 5.74) is 9.56. The molecular formula is C24H30N8O3. The van der Waals surface area contributed by atoms with E-state index in [4.69, 9.17) is 15.2 Å². The molecule has 1 amide bonds. The fourth-order valence-electron chi connectivity index (χ4n) is 4.23. The van der Waals surface area contributed by atoms with Crippen LogP contribution in [0.15, 0.2) is 30.5 Å². The number of benzene rings is 1. The summed E-state index contributed by atoms with van der Waals surface area (Å²) in [4.78, 5) is 18.0. The first-order valence-electron chi connectivity index (χ1n) is 11.8. The highest BCUT2D eigenvalue weighted by Crippen LogP contribution is 2.32. The van der Waals surface area contributed by atoms with Crippen molar-refractivity contribution in [2.75, 3.05) is 18.9 Å². The molecule has 5 rings (SSSR count). The van der Waals surface area contributed by atoms with E-state index in [2.05, 4.69) is 25.6 Å². The summed E-state index contributed by atoms with van der Waals surface area (Å²) < 4.78 is 13.1. The number of hydrogen-bond donors (Lipinski definition) is 2. The van der Waals surface area contributed by atoms with Crippen molar-refractivity contribution in [3.05, 3.63) is 30.5 Å². The molecule has 3 aromatic heterocycles. The van der Waals surface area contributed by atoms with Gasteiger partial charge < -0.3 is 20.5 Å². The van der Waals surface area contributed by atoms with E-state index in [9.17, 15) is 4.79 Å². The molecule has 4 aromatic rings. The number of nitrogens with two attached hydrogens (primary N) is 1. The van der Waals surface area contributed by atoms with Gasteiger partial charge in [0.2, 0.25) is 0 Å². The Bertz CT molecular complexity index is 1360. The molecule has 1 saturated heterocycles. The quantitative estimate of drug-likeness (QED) is 0.444. The fraction of sp³-hybridized carbons (Fsp3) is 0.458. The Kier molecular flexibility index (Phi) is 6.01. The second-order valence-electron chi connectivity index (χ2n) is 9.63. The molecule has 0 aliphatic carbocycles. The number of fused-ring (bicyclic) bond motifs is 3. The average Bonchev–Trinajstić information content (AvgIpc) is 3.46. The number of nitrogens with zero attached hydrogens (tertiary/aromatic N) is 6. The number of carbonyl (C=O) groups is 1. The zero-order chi connectivity index (χ0) is 24.6. The number of rotatable bonds is 5. The molecule has 1 aromatic carbocycles. The van der Waals surface area contributed by atoms with Crippen molar-refractivity contribution in [1.82, 2.24) is 35.1 Å². The van der Waals surface area contributed by atoms with Crippen molar-refractivity contribution < 1.29 is 14.3 Å². The number of hydrogen-bond acceptors (Lipinski definition) is 8. The van der Waals surface area contributed by atoms with Crippen molar-refractivity contribution in [3.63, 3.8) is 0 Å². The standard InChI is InChI=1S/C24H30N8O3/c1-24(2,3)35-23(33)26-11-12-31-29-20-16-8-7-15(14-17(16)28-22(25)21(20)30-31)18-9-10-27-32(18)19-6-4-5-13-34-19/h7-10,14,19H,4-6,11-13H2,1-3H3,(H2,25,28)(H,26,33). The Morgan fingerprint density at radius 3 is 2.83 bits per heavy atom. The van der Waals surface area contributed by atoms with Crippen LogP contribution in [0.3, 0.4) is 0 Å². The number of aromatic nitrogens is 6. The number of alkyl carbamates (subject to hydrolysis) is 1. The number of carbonyl (C=O) groups excluding carboxylic acids is 1. The van der Waals surface area contributed by atoms with Crippen molar-refractivity contribution in [2.24, 2.45) is 0 Å². The lowest BCUT2D eigenvalue weighted by molar-refractivity contribution is -0.0383. The van der Waals surface area contributed by atoms with Crippen LogP contribution < -0.4 is 11.1 Å². The molecule has 11 nitrogen and oxygen atoms in total. The van der Waals surface area contributed by atoms with Gasteiger partial charge in [-0.1, -0.05) is 6.07 Å². The maximum atomic E-state index is 11.9. The Hall–Kier alpha value is -3.73. The minimum Gasteiger partial charge on any atom is -0.444 e. The average molecular weight is 479 g/mol. The van der Waals surface area contributed by atoms with E-state index >= 15 is 0 Å². The lowest BCUT2D eigenvalue weighted by Gasteiger charge is -2.24. The Morgan fingerprint density at radius 2 is 2.06 bits per heavy atom. The lowest BCUT2D eigenvalue weighted by atomic mass is 10.1. The highest BCUT2D eigenvalue weighted by Gasteiger charge is 2.21. The van der Waals surface area contributed by atoms with E-state index in [1.807, 2.05) is 49.7 Å². The second kappa shape index (κ2) is 9.14. The maximum absolute atomic E-state index is 11.9. The zero-order valence-corrected chi connectivity index (χ0v) is 20.2. The third-order valence-electron chi connectivity index (χ3n) is 5.77. The number of nitrogens with one attached hydrogen (secondary N) is 1. The third-order valence-corrected chi connectivity index (χ3v) is 5.77. The summed E-state index contributed by atoms with van der Waals surface area (Å²) >= 11 is 0. The van der Waals surface area contributed by atoms with E-state index in [0.717, 1.165) is 48.0 Å². The van der Waals surface area contributed by atoms with Crippen LogP contribution in [0.2, 0.25) is 0 Å². The van der Waals surface area contributed by atoms with Crippen molar-refractivity contribution in [3.8, 4) is 11.3 Å². The highest BCUT2D eigenvalue weighted by molar-refractivity contribution is 6.06. The largest absolute Gasteiger partial charge is 0.444 e. The smallest absolute Gasteiger partial charge is 0.407 e. The molecule has 4 heterocycles. The first-order chi connectivity index (χ1) is 16.8. The summed E-state index contributed by atoms with van der Waals surface area (Å²) in [5.74, 6) is 0.306. The molecule has 35 heavy (non-hydrogen) atoms. The van der Waals surface area contributed by atoms with Gasteiger partial charge in [-0.05, 0) is 58.2 Å². The Labute approximate surface area is 202 Å². The lowest BCUT2D eigenvalue weighted by Crippen LogP contribution is -2.34. The van der Waals surface area contributed by atoms with Gasteiger partial charge in [-0.25, -0.2) is 14.5 Å². The van der Waals surface area contributed by atoms with Crippen molar-refractivity contribution in [2.45, 2.75) is 58.4 Å². The van der Waals surface area contributed by atoms with Gasteiger partial charge in [-0.15, -0.1) is 5.10 Å². The van der Waals surface area contributed by atoms with Crippen LogP contribution in [-0.4, -0.2) is 54.6 Å². The monoisotopic (exact) mass is 478 g/mol. The van der Waals surface area contributed by atoms with E-state index in [1.54, 1.807) is 6.20 Å². The molecule has 1 fully saturated rings. The van der Waals surface area contributed by atoms with Crippen LogP contribution in [0.1, 0.15) is 46.3 Å². The van der Waals surface area contributed by atoms with E-state index in [-0.39, 0.29) is 6.23 Å². The van der Waals surface area contributed by atoms with Crippen molar-refractivity contribution in [1.29, 1.82) is 0 Å². The summed E-state index contributed by atoms with van der Waals surface area (Å²) in [6.45, 7) is 6.89. The van der Waals surface area contributed by atoms with Gasteiger partial charge in [0.15, 0.2) is 17.6 Å².